The van der Waals surface area contributed by atoms with E-state index in [1.807, 2.05) is 0 Å². The molecule has 31 heavy (non-hydrogen) atoms. The fourth-order valence-corrected chi connectivity index (χ4v) is 7.27. The Morgan fingerprint density at radius 3 is 1.81 bits per heavy atom. The maximum Gasteiger partial charge on any atom is 0.121 e. The summed E-state index contributed by atoms with van der Waals surface area (Å²) in [7, 11) is 0. The van der Waals surface area contributed by atoms with E-state index >= 15 is 0 Å². The molecule has 2 heteroatoms. The number of quaternary nitrogens is 1. The molecule has 4 fully saturated rings. The van der Waals surface area contributed by atoms with Crippen molar-refractivity contribution in [3.05, 3.63) is 71.8 Å². The van der Waals surface area contributed by atoms with E-state index in [2.05, 4.69) is 60.7 Å². The van der Waals surface area contributed by atoms with Crippen LogP contribution in [0.15, 0.2) is 60.7 Å². The molecule has 3 aliphatic heterocycles. The summed E-state index contributed by atoms with van der Waals surface area (Å²) in [5.41, 5.74) is 1.20. The van der Waals surface area contributed by atoms with Gasteiger partial charge < -0.3 is 9.59 Å². The fourth-order valence-electron chi connectivity index (χ4n) is 7.27. The van der Waals surface area contributed by atoms with Crippen LogP contribution in [0.25, 0.3) is 0 Å². The van der Waals surface area contributed by atoms with Crippen molar-refractivity contribution in [2.45, 2.75) is 69.8 Å². The zero-order valence-electron chi connectivity index (χ0n) is 19.1. The Bertz CT molecular complexity index is 776. The summed E-state index contributed by atoms with van der Waals surface area (Å²) in [4.78, 5) is 0. The molecule has 0 spiro atoms. The molecule has 3 heterocycles. The average molecular weight is 419 g/mol. The van der Waals surface area contributed by atoms with Crippen LogP contribution in [0.5, 0.6) is 0 Å². The second-order valence-corrected chi connectivity index (χ2v) is 10.9. The molecule has 166 valence electrons. The number of benzene rings is 2. The van der Waals surface area contributed by atoms with Crippen LogP contribution in [0, 0.1) is 11.3 Å². The van der Waals surface area contributed by atoms with E-state index in [0.717, 1.165) is 36.3 Å². The van der Waals surface area contributed by atoms with Crippen molar-refractivity contribution in [1.82, 2.24) is 0 Å². The van der Waals surface area contributed by atoms with Gasteiger partial charge in [0.05, 0.1) is 26.2 Å². The molecule has 4 aliphatic rings. The third kappa shape index (κ3) is 3.87. The van der Waals surface area contributed by atoms with Gasteiger partial charge in [0.2, 0.25) is 0 Å². The van der Waals surface area contributed by atoms with E-state index in [1.165, 1.54) is 75.6 Å². The highest BCUT2D eigenvalue weighted by atomic mass is 16.3. The molecule has 0 unspecified atom stereocenters. The first-order valence-corrected chi connectivity index (χ1v) is 12.8. The van der Waals surface area contributed by atoms with Crippen LogP contribution in [-0.2, 0) is 5.60 Å². The molecule has 2 bridgehead atoms. The van der Waals surface area contributed by atoms with Crippen molar-refractivity contribution < 1.29 is 9.59 Å². The summed E-state index contributed by atoms with van der Waals surface area (Å²) in [6.45, 7) is 5.09. The minimum atomic E-state index is -0.895. The molecule has 1 saturated carbocycles. The maximum absolute atomic E-state index is 12.5. The second-order valence-electron chi connectivity index (χ2n) is 10.9. The van der Waals surface area contributed by atoms with Crippen LogP contribution in [-0.4, -0.2) is 35.8 Å². The van der Waals surface area contributed by atoms with Gasteiger partial charge in [0.25, 0.3) is 0 Å². The number of piperidine rings is 3. The number of hydrogen-bond acceptors (Lipinski definition) is 1. The zero-order valence-corrected chi connectivity index (χ0v) is 19.1. The number of rotatable bonds is 7. The lowest BCUT2D eigenvalue weighted by Gasteiger charge is -2.60. The second kappa shape index (κ2) is 8.71. The number of aliphatic hydroxyl groups is 1. The van der Waals surface area contributed by atoms with Crippen LogP contribution >= 0.6 is 0 Å². The van der Waals surface area contributed by atoms with Gasteiger partial charge in [0, 0.05) is 24.7 Å². The van der Waals surface area contributed by atoms with Crippen molar-refractivity contribution in [3.8, 4) is 0 Å². The summed E-state index contributed by atoms with van der Waals surface area (Å²) < 4.78 is 1.31. The Kier molecular flexibility index (Phi) is 5.96. The summed E-state index contributed by atoms with van der Waals surface area (Å²) in [5.74, 6) is 1.00. The number of nitrogens with zero attached hydrogens (tertiary/aromatic N) is 1. The Morgan fingerprint density at radius 1 is 0.774 bits per heavy atom. The Balaban J connectivity index is 1.33. The molecule has 1 aliphatic carbocycles. The Morgan fingerprint density at radius 2 is 1.29 bits per heavy atom. The van der Waals surface area contributed by atoms with Gasteiger partial charge in [-0.25, -0.2) is 0 Å². The van der Waals surface area contributed by atoms with Gasteiger partial charge in [-0.05, 0) is 29.9 Å². The van der Waals surface area contributed by atoms with Crippen molar-refractivity contribution >= 4 is 0 Å². The van der Waals surface area contributed by atoms with Crippen LogP contribution < -0.4 is 0 Å². The lowest BCUT2D eigenvalue weighted by atomic mass is 9.56. The molecule has 0 aromatic heterocycles. The van der Waals surface area contributed by atoms with E-state index in [1.54, 1.807) is 0 Å². The lowest BCUT2D eigenvalue weighted by Crippen LogP contribution is -2.66. The maximum atomic E-state index is 12.5. The quantitative estimate of drug-likeness (QED) is 0.524. The Labute approximate surface area is 188 Å². The van der Waals surface area contributed by atoms with Crippen molar-refractivity contribution in [2.24, 2.45) is 11.3 Å². The number of fused-ring (bicyclic) bond motifs is 3. The summed E-state index contributed by atoms with van der Waals surface area (Å²) in [6.07, 6.45) is 13.6. The molecular formula is C29H40NO+. The van der Waals surface area contributed by atoms with E-state index < -0.39 is 5.60 Å². The molecule has 0 atom stereocenters. The van der Waals surface area contributed by atoms with Gasteiger partial charge in [0.1, 0.15) is 5.60 Å². The van der Waals surface area contributed by atoms with E-state index in [4.69, 9.17) is 0 Å². The van der Waals surface area contributed by atoms with Crippen molar-refractivity contribution in [2.75, 3.05) is 26.2 Å². The largest absolute Gasteiger partial charge is 0.380 e. The standard InChI is InChI=1S/C29H40NO/c31-29(26-14-6-2-7-15-26,27-16-8-3-9-17-27)28-18-22-30(23-19-28,24-20-28)21-10-13-25-11-4-1-5-12-25/h2-3,6-9,14-17,25,31H,1,4-5,10-13,18-24H2/q+1. The van der Waals surface area contributed by atoms with Crippen LogP contribution in [0.4, 0.5) is 0 Å². The van der Waals surface area contributed by atoms with Gasteiger partial charge in [-0.1, -0.05) is 92.8 Å². The number of hydrogen-bond donors (Lipinski definition) is 1. The highest BCUT2D eigenvalue weighted by molar-refractivity contribution is 5.39. The molecule has 1 N–H and O–H groups in total. The van der Waals surface area contributed by atoms with Gasteiger partial charge in [-0.3, -0.25) is 0 Å². The highest BCUT2D eigenvalue weighted by Crippen LogP contribution is 2.57. The third-order valence-corrected chi connectivity index (χ3v) is 9.31. The van der Waals surface area contributed by atoms with Gasteiger partial charge in [0.15, 0.2) is 0 Å². The van der Waals surface area contributed by atoms with Crippen molar-refractivity contribution in [3.63, 3.8) is 0 Å². The summed E-state index contributed by atoms with van der Waals surface area (Å²) in [6, 6.07) is 21.0. The van der Waals surface area contributed by atoms with E-state index in [9.17, 15) is 5.11 Å². The van der Waals surface area contributed by atoms with Crippen LogP contribution in [0.2, 0.25) is 0 Å². The first kappa shape index (κ1) is 21.2. The smallest absolute Gasteiger partial charge is 0.121 e. The van der Waals surface area contributed by atoms with Gasteiger partial charge in [-0.2, -0.15) is 0 Å². The topological polar surface area (TPSA) is 20.2 Å². The summed E-state index contributed by atoms with van der Waals surface area (Å²) >= 11 is 0. The predicted octanol–water partition coefficient (Wildman–Crippen LogP) is 6.28. The fraction of sp³-hybridized carbons (Fsp3) is 0.586. The first-order valence-electron chi connectivity index (χ1n) is 12.8. The predicted molar refractivity (Wildman–Crippen MR) is 128 cm³/mol. The molecular weight excluding hydrogens is 378 g/mol. The Hall–Kier alpha value is -1.64. The molecule has 2 nitrogen and oxygen atoms in total. The molecule has 0 radical (unpaired) electrons. The monoisotopic (exact) mass is 418 g/mol. The minimum Gasteiger partial charge on any atom is -0.380 e. The molecule has 2 aromatic carbocycles. The first-order chi connectivity index (χ1) is 15.2. The third-order valence-electron chi connectivity index (χ3n) is 9.31. The summed E-state index contributed by atoms with van der Waals surface area (Å²) in [5, 5.41) is 12.5. The van der Waals surface area contributed by atoms with Crippen LogP contribution in [0.1, 0.15) is 75.3 Å². The van der Waals surface area contributed by atoms with E-state index in [-0.39, 0.29) is 5.41 Å². The molecule has 3 saturated heterocycles. The molecule has 0 amide bonds. The van der Waals surface area contributed by atoms with E-state index in [0.29, 0.717) is 0 Å². The van der Waals surface area contributed by atoms with Gasteiger partial charge >= 0.3 is 0 Å². The zero-order chi connectivity index (χ0) is 21.2. The lowest BCUT2D eigenvalue weighted by molar-refractivity contribution is -0.946. The molecule has 6 rings (SSSR count). The van der Waals surface area contributed by atoms with Crippen molar-refractivity contribution in [1.29, 1.82) is 0 Å². The normalized spacial score (nSPS) is 29.2. The minimum absolute atomic E-state index is 0.0426. The SMILES string of the molecule is OC(c1ccccc1)(c1ccccc1)C12CC[N+](CCCC3CCCCC3)(CC1)CC2. The average Bonchev–Trinajstić information content (AvgIpc) is 2.86. The highest BCUT2D eigenvalue weighted by Gasteiger charge is 2.60. The molecule has 2 aromatic rings. The van der Waals surface area contributed by atoms with Crippen LogP contribution in [0.3, 0.4) is 0 Å². The van der Waals surface area contributed by atoms with Gasteiger partial charge in [-0.15, -0.1) is 0 Å².